The lowest BCUT2D eigenvalue weighted by Crippen LogP contribution is -2.01. The third-order valence-electron chi connectivity index (χ3n) is 3.09. The highest BCUT2D eigenvalue weighted by molar-refractivity contribution is 6.05. The van der Waals surface area contributed by atoms with E-state index in [2.05, 4.69) is 5.32 Å². The van der Waals surface area contributed by atoms with Gasteiger partial charge in [0.1, 0.15) is 5.75 Å². The molecule has 1 N–H and O–H groups in total. The van der Waals surface area contributed by atoms with Gasteiger partial charge in [0.15, 0.2) is 5.78 Å². The Kier molecular flexibility index (Phi) is 4.77. The lowest BCUT2D eigenvalue weighted by Gasteiger charge is -2.08. The summed E-state index contributed by atoms with van der Waals surface area (Å²) >= 11 is 0. The zero-order chi connectivity index (χ0) is 15.2. The van der Waals surface area contributed by atoms with Crippen molar-refractivity contribution in [1.82, 2.24) is 0 Å². The van der Waals surface area contributed by atoms with Crippen LogP contribution in [0.4, 0.5) is 5.69 Å². The molecule has 0 radical (unpaired) electrons. The van der Waals surface area contributed by atoms with Gasteiger partial charge >= 0.3 is 0 Å². The molecule has 0 aromatic heterocycles. The summed E-state index contributed by atoms with van der Waals surface area (Å²) < 4.78 is 5.17. The van der Waals surface area contributed by atoms with Crippen LogP contribution in [0.3, 0.4) is 0 Å². The largest absolute Gasteiger partial charge is 0.497 e. The van der Waals surface area contributed by atoms with E-state index in [1.54, 1.807) is 13.2 Å². The number of rotatable bonds is 5. The Morgan fingerprint density at radius 3 is 2.52 bits per heavy atom. The standard InChI is InChI=1S/C18H19NO2/c1-13-7-9-15(10-8-13)18(20)11-14(2)19-16-5-4-6-17(12-16)21-3/h4-12,19H,1-3H3/b14-11+. The molecule has 0 aliphatic heterocycles. The monoisotopic (exact) mass is 281 g/mol. The molecule has 0 saturated heterocycles. The minimum atomic E-state index is -0.0112. The molecule has 0 atom stereocenters. The van der Waals surface area contributed by atoms with Crippen LogP contribution in [-0.4, -0.2) is 12.9 Å². The average molecular weight is 281 g/mol. The van der Waals surface area contributed by atoms with Crippen LogP contribution >= 0.6 is 0 Å². The average Bonchev–Trinajstić information content (AvgIpc) is 2.47. The maximum absolute atomic E-state index is 12.1. The van der Waals surface area contributed by atoms with Crippen molar-refractivity contribution in [1.29, 1.82) is 0 Å². The van der Waals surface area contributed by atoms with Crippen molar-refractivity contribution in [3.8, 4) is 5.75 Å². The highest BCUT2D eigenvalue weighted by atomic mass is 16.5. The number of nitrogens with one attached hydrogen (secondary N) is 1. The first kappa shape index (κ1) is 14.9. The summed E-state index contributed by atoms with van der Waals surface area (Å²) in [7, 11) is 1.63. The number of ether oxygens (including phenoxy) is 1. The third kappa shape index (κ3) is 4.21. The fourth-order valence-electron chi connectivity index (χ4n) is 1.96. The van der Waals surface area contributed by atoms with E-state index in [0.717, 1.165) is 22.7 Å². The van der Waals surface area contributed by atoms with Gasteiger partial charge in [0.05, 0.1) is 7.11 Å². The first-order valence-corrected chi connectivity index (χ1v) is 6.79. The molecule has 0 aliphatic carbocycles. The van der Waals surface area contributed by atoms with Gasteiger partial charge in [-0.05, 0) is 26.0 Å². The zero-order valence-electron chi connectivity index (χ0n) is 12.5. The second kappa shape index (κ2) is 6.75. The molecule has 0 bridgehead atoms. The number of hydrogen-bond acceptors (Lipinski definition) is 3. The Bertz CT molecular complexity index is 657. The van der Waals surface area contributed by atoms with Crippen molar-refractivity contribution >= 4 is 11.5 Å². The lowest BCUT2D eigenvalue weighted by molar-refractivity contribution is 0.104. The summed E-state index contributed by atoms with van der Waals surface area (Å²) in [6, 6.07) is 15.1. The van der Waals surface area contributed by atoms with E-state index >= 15 is 0 Å². The Balaban J connectivity index is 2.09. The van der Waals surface area contributed by atoms with Crippen LogP contribution in [0.1, 0.15) is 22.8 Å². The van der Waals surface area contributed by atoms with Crippen LogP contribution in [0.15, 0.2) is 60.3 Å². The highest BCUT2D eigenvalue weighted by Crippen LogP contribution is 2.18. The fraction of sp³-hybridized carbons (Fsp3) is 0.167. The number of allylic oxidation sites excluding steroid dienone is 2. The molecule has 0 amide bonds. The van der Waals surface area contributed by atoms with Gasteiger partial charge < -0.3 is 10.1 Å². The summed E-state index contributed by atoms with van der Waals surface area (Å²) in [6.07, 6.45) is 1.60. The maximum Gasteiger partial charge on any atom is 0.187 e. The van der Waals surface area contributed by atoms with Gasteiger partial charge in [0.25, 0.3) is 0 Å². The minimum absolute atomic E-state index is 0.0112. The number of carbonyl (C=O) groups is 1. The molecule has 0 spiro atoms. The molecular formula is C18H19NO2. The summed E-state index contributed by atoms with van der Waals surface area (Å²) in [4.78, 5) is 12.1. The number of benzene rings is 2. The van der Waals surface area contributed by atoms with E-state index in [1.165, 1.54) is 0 Å². The molecule has 0 unspecified atom stereocenters. The Morgan fingerprint density at radius 1 is 1.14 bits per heavy atom. The molecular weight excluding hydrogens is 262 g/mol. The number of ketones is 1. The number of aryl methyl sites for hydroxylation is 1. The Hall–Kier alpha value is -2.55. The second-order valence-electron chi connectivity index (χ2n) is 4.91. The van der Waals surface area contributed by atoms with Gasteiger partial charge in [-0.25, -0.2) is 0 Å². The van der Waals surface area contributed by atoms with Crippen molar-refractivity contribution in [2.75, 3.05) is 12.4 Å². The molecule has 108 valence electrons. The smallest absolute Gasteiger partial charge is 0.187 e. The number of carbonyl (C=O) groups excluding carboxylic acids is 1. The molecule has 0 aliphatic rings. The van der Waals surface area contributed by atoms with Crippen LogP contribution in [0.5, 0.6) is 5.75 Å². The van der Waals surface area contributed by atoms with Gasteiger partial charge in [-0.15, -0.1) is 0 Å². The predicted octanol–water partition coefficient (Wildman–Crippen LogP) is 4.20. The van der Waals surface area contributed by atoms with Crippen LogP contribution in [0, 0.1) is 6.92 Å². The molecule has 3 heteroatoms. The van der Waals surface area contributed by atoms with E-state index in [1.807, 2.05) is 62.4 Å². The van der Waals surface area contributed by atoms with Crippen LogP contribution in [0.25, 0.3) is 0 Å². The molecule has 2 rings (SSSR count). The Labute approximate surface area is 125 Å². The normalized spacial score (nSPS) is 11.1. The summed E-state index contributed by atoms with van der Waals surface area (Å²) in [5.74, 6) is 0.764. The number of anilines is 1. The predicted molar refractivity (Wildman–Crippen MR) is 85.9 cm³/mol. The van der Waals surface area contributed by atoms with E-state index in [0.29, 0.717) is 5.56 Å². The van der Waals surface area contributed by atoms with Gasteiger partial charge in [-0.2, -0.15) is 0 Å². The van der Waals surface area contributed by atoms with E-state index < -0.39 is 0 Å². The zero-order valence-corrected chi connectivity index (χ0v) is 12.5. The van der Waals surface area contributed by atoms with Crippen molar-refractivity contribution in [3.05, 3.63) is 71.4 Å². The lowest BCUT2D eigenvalue weighted by atomic mass is 10.1. The molecule has 2 aromatic carbocycles. The molecule has 0 heterocycles. The van der Waals surface area contributed by atoms with E-state index in [9.17, 15) is 4.79 Å². The van der Waals surface area contributed by atoms with Gasteiger partial charge in [0.2, 0.25) is 0 Å². The molecule has 0 fully saturated rings. The molecule has 2 aromatic rings. The third-order valence-corrected chi connectivity index (χ3v) is 3.09. The molecule has 21 heavy (non-hydrogen) atoms. The first-order chi connectivity index (χ1) is 10.1. The Morgan fingerprint density at radius 2 is 1.86 bits per heavy atom. The molecule has 0 saturated carbocycles. The fourth-order valence-corrected chi connectivity index (χ4v) is 1.96. The summed E-state index contributed by atoms with van der Waals surface area (Å²) in [6.45, 7) is 3.87. The van der Waals surface area contributed by atoms with Gasteiger partial charge in [-0.1, -0.05) is 35.9 Å². The van der Waals surface area contributed by atoms with Crippen LogP contribution < -0.4 is 10.1 Å². The number of methoxy groups -OCH3 is 1. The van der Waals surface area contributed by atoms with Crippen molar-refractivity contribution in [2.24, 2.45) is 0 Å². The van der Waals surface area contributed by atoms with Crippen LogP contribution in [0.2, 0.25) is 0 Å². The summed E-state index contributed by atoms with van der Waals surface area (Å²) in [5.41, 5.74) is 3.50. The van der Waals surface area contributed by atoms with Crippen molar-refractivity contribution in [2.45, 2.75) is 13.8 Å². The maximum atomic E-state index is 12.1. The second-order valence-corrected chi connectivity index (χ2v) is 4.91. The minimum Gasteiger partial charge on any atom is -0.497 e. The quantitative estimate of drug-likeness (QED) is 0.659. The number of hydrogen-bond donors (Lipinski definition) is 1. The highest BCUT2D eigenvalue weighted by Gasteiger charge is 2.03. The van der Waals surface area contributed by atoms with E-state index in [4.69, 9.17) is 4.74 Å². The summed E-state index contributed by atoms with van der Waals surface area (Å²) in [5, 5.41) is 3.19. The topological polar surface area (TPSA) is 38.3 Å². The SMILES string of the molecule is COc1cccc(N/C(C)=C/C(=O)c2ccc(C)cc2)c1. The van der Waals surface area contributed by atoms with Gasteiger partial charge in [0, 0.05) is 29.1 Å². The first-order valence-electron chi connectivity index (χ1n) is 6.79. The van der Waals surface area contributed by atoms with Crippen molar-refractivity contribution < 1.29 is 9.53 Å². The van der Waals surface area contributed by atoms with Gasteiger partial charge in [-0.3, -0.25) is 4.79 Å². The van der Waals surface area contributed by atoms with Crippen LogP contribution in [-0.2, 0) is 0 Å². The molecule has 3 nitrogen and oxygen atoms in total. The van der Waals surface area contributed by atoms with Crippen molar-refractivity contribution in [3.63, 3.8) is 0 Å². The van der Waals surface area contributed by atoms with E-state index in [-0.39, 0.29) is 5.78 Å².